The first-order chi connectivity index (χ1) is 9.63. The number of rotatable bonds is 5. The molecular weight excluding hydrogens is 256 g/mol. The molecule has 106 valence electrons. The van der Waals surface area contributed by atoms with Crippen LogP contribution in [0, 0.1) is 0 Å². The Bertz CT molecular complexity index is 559. The summed E-state index contributed by atoms with van der Waals surface area (Å²) in [5, 5.41) is 2.87. The minimum Gasteiger partial charge on any atom is -0.467 e. The summed E-state index contributed by atoms with van der Waals surface area (Å²) in [6, 6.07) is 6.77. The van der Waals surface area contributed by atoms with E-state index in [1.54, 1.807) is 24.5 Å². The van der Waals surface area contributed by atoms with Crippen LogP contribution in [0.25, 0.3) is 0 Å². The van der Waals surface area contributed by atoms with E-state index in [0.29, 0.717) is 17.1 Å². The number of amides is 1. The topological polar surface area (TPSA) is 93.2 Å². The average Bonchev–Trinajstić information content (AvgIpc) is 3.00. The van der Waals surface area contributed by atoms with Crippen molar-refractivity contribution in [2.75, 3.05) is 5.43 Å². The van der Waals surface area contributed by atoms with Crippen molar-refractivity contribution in [3.63, 3.8) is 0 Å². The number of furan rings is 1. The highest BCUT2D eigenvalue weighted by atomic mass is 16.3. The highest BCUT2D eigenvalue weighted by Gasteiger charge is 2.14. The van der Waals surface area contributed by atoms with Crippen molar-refractivity contribution in [3.05, 3.63) is 47.5 Å². The van der Waals surface area contributed by atoms with Crippen LogP contribution >= 0.6 is 0 Å². The highest BCUT2D eigenvalue weighted by Crippen LogP contribution is 2.15. The largest absolute Gasteiger partial charge is 0.467 e. The number of nitrogens with one attached hydrogen (secondary N) is 2. The number of aromatic nitrogens is 1. The zero-order chi connectivity index (χ0) is 14.5. The third-order valence-electron chi connectivity index (χ3n) is 2.97. The van der Waals surface area contributed by atoms with Crippen LogP contribution in [0.15, 0.2) is 34.9 Å². The van der Waals surface area contributed by atoms with Crippen LogP contribution in [0.2, 0.25) is 0 Å². The predicted octanol–water partition coefficient (Wildman–Crippen LogP) is 2.01. The molecule has 0 aliphatic carbocycles. The molecule has 1 unspecified atom stereocenters. The van der Waals surface area contributed by atoms with Crippen LogP contribution in [0.4, 0.5) is 5.82 Å². The van der Waals surface area contributed by atoms with Crippen molar-refractivity contribution in [2.24, 2.45) is 5.84 Å². The lowest BCUT2D eigenvalue weighted by Crippen LogP contribution is -2.27. The molecule has 0 bridgehead atoms. The van der Waals surface area contributed by atoms with Crippen molar-refractivity contribution in [1.29, 1.82) is 0 Å². The molecule has 0 aliphatic heterocycles. The number of pyridine rings is 1. The van der Waals surface area contributed by atoms with Crippen molar-refractivity contribution in [1.82, 2.24) is 10.3 Å². The quantitative estimate of drug-likeness (QED) is 0.573. The van der Waals surface area contributed by atoms with E-state index in [1.165, 1.54) is 0 Å². The Morgan fingerprint density at radius 2 is 2.30 bits per heavy atom. The molecule has 1 atom stereocenters. The van der Waals surface area contributed by atoms with Gasteiger partial charge in [-0.05, 0) is 37.6 Å². The molecule has 2 rings (SSSR count). The summed E-state index contributed by atoms with van der Waals surface area (Å²) in [6.45, 7) is 3.83. The van der Waals surface area contributed by atoms with E-state index >= 15 is 0 Å². The third-order valence-corrected chi connectivity index (χ3v) is 2.97. The number of hydrazine groups is 1. The molecule has 0 radical (unpaired) electrons. The molecule has 0 saturated carbocycles. The van der Waals surface area contributed by atoms with Gasteiger partial charge in [-0.15, -0.1) is 0 Å². The van der Waals surface area contributed by atoms with Gasteiger partial charge in [0.2, 0.25) is 0 Å². The number of aryl methyl sites for hydroxylation is 1. The smallest absolute Gasteiger partial charge is 0.252 e. The van der Waals surface area contributed by atoms with E-state index in [4.69, 9.17) is 10.3 Å². The van der Waals surface area contributed by atoms with Gasteiger partial charge >= 0.3 is 0 Å². The van der Waals surface area contributed by atoms with E-state index in [0.717, 1.165) is 12.1 Å². The summed E-state index contributed by atoms with van der Waals surface area (Å²) in [4.78, 5) is 16.5. The number of carbonyl (C=O) groups is 1. The van der Waals surface area contributed by atoms with Gasteiger partial charge < -0.3 is 15.2 Å². The molecule has 0 aromatic carbocycles. The third kappa shape index (κ3) is 3.16. The molecule has 20 heavy (non-hydrogen) atoms. The second kappa shape index (κ2) is 6.21. The molecule has 0 saturated heterocycles. The molecule has 4 N–H and O–H groups in total. The number of carbonyl (C=O) groups excluding carboxylic acids is 1. The van der Waals surface area contributed by atoms with Gasteiger partial charge in [0.05, 0.1) is 12.3 Å². The van der Waals surface area contributed by atoms with E-state index in [1.807, 2.05) is 19.9 Å². The normalized spacial score (nSPS) is 11.9. The standard InChI is InChI=1S/C14H18N4O2/c1-3-11-7-10(8-13(17-11)18-15)14(19)16-9(2)12-5-4-6-20-12/h4-9H,3,15H2,1-2H3,(H,16,19)(H,17,18). The zero-order valence-electron chi connectivity index (χ0n) is 11.5. The van der Waals surface area contributed by atoms with Crippen molar-refractivity contribution < 1.29 is 9.21 Å². The fourth-order valence-electron chi connectivity index (χ4n) is 1.86. The molecule has 2 heterocycles. The van der Waals surface area contributed by atoms with E-state index in [2.05, 4.69) is 15.7 Å². The Kier molecular flexibility index (Phi) is 4.37. The Labute approximate surface area is 117 Å². The maximum Gasteiger partial charge on any atom is 0.252 e. The van der Waals surface area contributed by atoms with Crippen LogP contribution in [-0.2, 0) is 6.42 Å². The molecule has 0 fully saturated rings. The number of hydrogen-bond donors (Lipinski definition) is 3. The number of hydrogen-bond acceptors (Lipinski definition) is 5. The number of nitrogens with two attached hydrogens (primary N) is 1. The van der Waals surface area contributed by atoms with Gasteiger partial charge in [-0.3, -0.25) is 4.79 Å². The first-order valence-electron chi connectivity index (χ1n) is 6.46. The second-order valence-electron chi connectivity index (χ2n) is 4.44. The Morgan fingerprint density at radius 1 is 1.50 bits per heavy atom. The lowest BCUT2D eigenvalue weighted by Gasteiger charge is -2.12. The molecule has 0 aliphatic rings. The summed E-state index contributed by atoms with van der Waals surface area (Å²) < 4.78 is 5.26. The summed E-state index contributed by atoms with van der Waals surface area (Å²) in [7, 11) is 0. The van der Waals surface area contributed by atoms with Gasteiger partial charge in [-0.1, -0.05) is 6.92 Å². The Morgan fingerprint density at radius 3 is 2.90 bits per heavy atom. The van der Waals surface area contributed by atoms with Crippen LogP contribution in [0.5, 0.6) is 0 Å². The van der Waals surface area contributed by atoms with E-state index in [9.17, 15) is 4.79 Å². The fourth-order valence-corrected chi connectivity index (χ4v) is 1.86. The summed E-state index contributed by atoms with van der Waals surface area (Å²) in [5.74, 6) is 6.35. The summed E-state index contributed by atoms with van der Waals surface area (Å²) >= 11 is 0. The molecular formula is C14H18N4O2. The molecule has 6 nitrogen and oxygen atoms in total. The zero-order valence-corrected chi connectivity index (χ0v) is 11.5. The number of nitrogens with zero attached hydrogens (tertiary/aromatic N) is 1. The fraction of sp³-hybridized carbons (Fsp3) is 0.286. The molecule has 0 spiro atoms. The number of nitrogen functional groups attached to an aromatic ring is 1. The van der Waals surface area contributed by atoms with Gasteiger partial charge in [0.1, 0.15) is 11.6 Å². The van der Waals surface area contributed by atoms with Crippen LogP contribution in [-0.4, -0.2) is 10.9 Å². The molecule has 2 aromatic heterocycles. The van der Waals surface area contributed by atoms with Crippen molar-refractivity contribution in [2.45, 2.75) is 26.3 Å². The van der Waals surface area contributed by atoms with Crippen LogP contribution in [0.3, 0.4) is 0 Å². The minimum absolute atomic E-state index is 0.192. The first kappa shape index (κ1) is 14.1. The maximum absolute atomic E-state index is 12.2. The van der Waals surface area contributed by atoms with Crippen molar-refractivity contribution in [3.8, 4) is 0 Å². The minimum atomic E-state index is -0.204. The van der Waals surface area contributed by atoms with Crippen LogP contribution < -0.4 is 16.6 Å². The molecule has 1 amide bonds. The van der Waals surface area contributed by atoms with Gasteiger partial charge in [0.15, 0.2) is 0 Å². The monoisotopic (exact) mass is 274 g/mol. The SMILES string of the molecule is CCc1cc(C(=O)NC(C)c2ccco2)cc(NN)n1. The van der Waals surface area contributed by atoms with Crippen molar-refractivity contribution >= 4 is 11.7 Å². The molecule has 2 aromatic rings. The summed E-state index contributed by atoms with van der Waals surface area (Å²) in [5.41, 5.74) is 3.79. The first-order valence-corrected chi connectivity index (χ1v) is 6.46. The van der Waals surface area contributed by atoms with Gasteiger partial charge in [-0.2, -0.15) is 0 Å². The summed E-state index contributed by atoms with van der Waals surface area (Å²) in [6.07, 6.45) is 2.31. The maximum atomic E-state index is 12.2. The number of anilines is 1. The second-order valence-corrected chi connectivity index (χ2v) is 4.44. The van der Waals surface area contributed by atoms with Gasteiger partial charge in [0, 0.05) is 11.3 Å². The van der Waals surface area contributed by atoms with Gasteiger partial charge in [0.25, 0.3) is 5.91 Å². The van der Waals surface area contributed by atoms with E-state index < -0.39 is 0 Å². The lowest BCUT2D eigenvalue weighted by atomic mass is 10.1. The highest BCUT2D eigenvalue weighted by molar-refractivity contribution is 5.95. The van der Waals surface area contributed by atoms with Crippen LogP contribution in [0.1, 0.15) is 41.7 Å². The predicted molar refractivity (Wildman–Crippen MR) is 76.0 cm³/mol. The Balaban J connectivity index is 2.16. The Hall–Kier alpha value is -2.34. The lowest BCUT2D eigenvalue weighted by molar-refractivity contribution is 0.0935. The average molecular weight is 274 g/mol. The molecule has 6 heteroatoms. The van der Waals surface area contributed by atoms with E-state index in [-0.39, 0.29) is 11.9 Å². The van der Waals surface area contributed by atoms with Gasteiger partial charge in [-0.25, -0.2) is 10.8 Å².